The average molecular weight is 243 g/mol. The number of nitrogens with two attached hydrogens (primary N) is 1. The van der Waals surface area contributed by atoms with Crippen LogP contribution in [0.2, 0.25) is 0 Å². The lowest BCUT2D eigenvalue weighted by Crippen LogP contribution is -2.44. The van der Waals surface area contributed by atoms with Crippen molar-refractivity contribution in [3.63, 3.8) is 0 Å². The molecule has 1 aromatic rings. The summed E-state index contributed by atoms with van der Waals surface area (Å²) in [6, 6.07) is 9.22. The van der Waals surface area contributed by atoms with E-state index in [9.17, 15) is 0 Å². The molecule has 18 heavy (non-hydrogen) atoms. The lowest BCUT2D eigenvalue weighted by atomic mass is 9.51. The molecule has 0 radical (unpaired) electrons. The molecule has 0 aromatic heterocycles. The van der Waals surface area contributed by atoms with Crippen molar-refractivity contribution in [2.45, 2.75) is 57.3 Å². The maximum absolute atomic E-state index is 5.80. The molecule has 0 heterocycles. The smallest absolute Gasteiger partial charge is 0.00463 e. The van der Waals surface area contributed by atoms with Crippen molar-refractivity contribution in [1.29, 1.82) is 0 Å². The van der Waals surface area contributed by atoms with Gasteiger partial charge in [0.05, 0.1) is 0 Å². The van der Waals surface area contributed by atoms with Gasteiger partial charge in [-0.3, -0.25) is 0 Å². The summed E-state index contributed by atoms with van der Waals surface area (Å²) in [5, 5.41) is 0. The van der Waals surface area contributed by atoms with E-state index in [-0.39, 0.29) is 0 Å². The van der Waals surface area contributed by atoms with Crippen LogP contribution < -0.4 is 5.73 Å². The van der Waals surface area contributed by atoms with Crippen LogP contribution in [0.4, 0.5) is 0 Å². The standard InChI is InChI=1S/C17H25N/c1-14-3-2-4-15(13-14)17-8-5-16(6-9-17,7-10-17)11-12-18/h2-4,13H,5-12,18H2,1H3. The van der Waals surface area contributed by atoms with Crippen molar-refractivity contribution in [3.8, 4) is 0 Å². The Hall–Kier alpha value is -0.820. The fraction of sp³-hybridized carbons (Fsp3) is 0.647. The lowest BCUT2D eigenvalue weighted by Gasteiger charge is -2.54. The van der Waals surface area contributed by atoms with E-state index in [0.29, 0.717) is 10.8 Å². The van der Waals surface area contributed by atoms with Crippen LogP contribution in [0.5, 0.6) is 0 Å². The first-order chi connectivity index (χ1) is 8.68. The highest BCUT2D eigenvalue weighted by atomic mass is 14.6. The second-order valence-electron chi connectivity index (χ2n) is 6.69. The zero-order chi connectivity index (χ0) is 12.6. The average Bonchev–Trinajstić information content (AvgIpc) is 2.41. The first-order valence-electron chi connectivity index (χ1n) is 7.45. The molecule has 0 unspecified atom stereocenters. The highest BCUT2D eigenvalue weighted by Crippen LogP contribution is 2.58. The van der Waals surface area contributed by atoms with E-state index in [4.69, 9.17) is 5.73 Å². The molecule has 98 valence electrons. The zero-order valence-electron chi connectivity index (χ0n) is 11.5. The van der Waals surface area contributed by atoms with Crippen LogP contribution in [0.3, 0.4) is 0 Å². The summed E-state index contributed by atoms with van der Waals surface area (Å²) in [4.78, 5) is 0. The van der Waals surface area contributed by atoms with Crippen molar-refractivity contribution in [2.24, 2.45) is 11.1 Å². The molecule has 3 aliphatic rings. The Balaban J connectivity index is 1.84. The quantitative estimate of drug-likeness (QED) is 0.855. The molecule has 1 aromatic carbocycles. The highest BCUT2D eigenvalue weighted by molar-refractivity contribution is 5.31. The summed E-state index contributed by atoms with van der Waals surface area (Å²) >= 11 is 0. The number of aryl methyl sites for hydroxylation is 1. The van der Waals surface area contributed by atoms with Crippen molar-refractivity contribution in [2.75, 3.05) is 6.54 Å². The van der Waals surface area contributed by atoms with Gasteiger partial charge in [0.2, 0.25) is 0 Å². The molecule has 0 aliphatic heterocycles. The first kappa shape index (κ1) is 12.2. The second kappa shape index (κ2) is 4.38. The van der Waals surface area contributed by atoms with Crippen molar-refractivity contribution in [1.82, 2.24) is 0 Å². The van der Waals surface area contributed by atoms with Gasteiger partial charge in [-0.05, 0) is 74.8 Å². The van der Waals surface area contributed by atoms with Gasteiger partial charge in [0.15, 0.2) is 0 Å². The molecule has 3 aliphatic carbocycles. The van der Waals surface area contributed by atoms with E-state index < -0.39 is 0 Å². The van der Waals surface area contributed by atoms with E-state index in [1.54, 1.807) is 5.56 Å². The van der Waals surface area contributed by atoms with Crippen LogP contribution >= 0.6 is 0 Å². The van der Waals surface area contributed by atoms with Gasteiger partial charge in [0, 0.05) is 0 Å². The van der Waals surface area contributed by atoms with Crippen LogP contribution in [0.25, 0.3) is 0 Å². The predicted molar refractivity (Wildman–Crippen MR) is 76.7 cm³/mol. The van der Waals surface area contributed by atoms with Crippen LogP contribution in [0.1, 0.15) is 56.1 Å². The Morgan fingerprint density at radius 3 is 2.28 bits per heavy atom. The number of benzene rings is 1. The van der Waals surface area contributed by atoms with Crippen molar-refractivity contribution < 1.29 is 0 Å². The topological polar surface area (TPSA) is 26.0 Å². The molecule has 0 amide bonds. The van der Waals surface area contributed by atoms with E-state index in [1.807, 2.05) is 0 Å². The summed E-state index contributed by atoms with van der Waals surface area (Å²) in [5.41, 5.74) is 9.92. The summed E-state index contributed by atoms with van der Waals surface area (Å²) in [6.45, 7) is 3.09. The zero-order valence-corrected chi connectivity index (χ0v) is 11.5. The van der Waals surface area contributed by atoms with Crippen molar-refractivity contribution in [3.05, 3.63) is 35.4 Å². The Labute approximate surface area is 111 Å². The molecule has 1 heteroatoms. The first-order valence-corrected chi connectivity index (χ1v) is 7.45. The summed E-state index contributed by atoms with van der Waals surface area (Å²) < 4.78 is 0. The molecule has 0 spiro atoms. The molecular weight excluding hydrogens is 218 g/mol. The molecule has 0 saturated heterocycles. The minimum atomic E-state index is 0.502. The molecule has 3 fully saturated rings. The minimum Gasteiger partial charge on any atom is -0.330 e. The predicted octanol–water partition coefficient (Wildman–Crippen LogP) is 3.94. The Kier molecular flexibility index (Phi) is 2.97. The molecule has 3 saturated carbocycles. The number of hydrogen-bond acceptors (Lipinski definition) is 1. The van der Waals surface area contributed by atoms with Gasteiger partial charge >= 0.3 is 0 Å². The second-order valence-corrected chi connectivity index (χ2v) is 6.69. The Morgan fingerprint density at radius 1 is 1.06 bits per heavy atom. The minimum absolute atomic E-state index is 0.502. The fourth-order valence-electron chi connectivity index (χ4n) is 4.35. The number of fused-ring (bicyclic) bond motifs is 3. The van der Waals surface area contributed by atoms with E-state index in [1.165, 1.54) is 50.5 Å². The van der Waals surface area contributed by atoms with Crippen molar-refractivity contribution >= 4 is 0 Å². The largest absolute Gasteiger partial charge is 0.330 e. The normalized spacial score (nSPS) is 34.8. The fourth-order valence-corrected chi connectivity index (χ4v) is 4.35. The molecule has 1 nitrogen and oxygen atoms in total. The van der Waals surface area contributed by atoms with Crippen LogP contribution in [0.15, 0.2) is 24.3 Å². The van der Waals surface area contributed by atoms with E-state index >= 15 is 0 Å². The SMILES string of the molecule is Cc1cccc(C23CCC(CCN)(CC2)CC3)c1. The third-order valence-electron chi connectivity index (χ3n) is 5.71. The Morgan fingerprint density at radius 2 is 1.72 bits per heavy atom. The summed E-state index contributed by atoms with van der Waals surface area (Å²) in [5.74, 6) is 0. The van der Waals surface area contributed by atoms with Gasteiger partial charge in [0.1, 0.15) is 0 Å². The third-order valence-corrected chi connectivity index (χ3v) is 5.71. The summed E-state index contributed by atoms with van der Waals surface area (Å²) in [6.07, 6.45) is 9.61. The summed E-state index contributed by atoms with van der Waals surface area (Å²) in [7, 11) is 0. The van der Waals surface area contributed by atoms with Gasteiger partial charge in [-0.1, -0.05) is 29.8 Å². The van der Waals surface area contributed by atoms with E-state index in [0.717, 1.165) is 6.54 Å². The molecular formula is C17H25N. The highest BCUT2D eigenvalue weighted by Gasteiger charge is 2.48. The number of hydrogen-bond donors (Lipinski definition) is 1. The maximum Gasteiger partial charge on any atom is -0.00463 e. The maximum atomic E-state index is 5.80. The lowest BCUT2D eigenvalue weighted by molar-refractivity contribution is 0.0346. The van der Waals surface area contributed by atoms with Gasteiger partial charge in [0.25, 0.3) is 0 Å². The Bertz CT molecular complexity index is 410. The molecule has 2 bridgehead atoms. The van der Waals surface area contributed by atoms with Crippen LogP contribution in [-0.4, -0.2) is 6.54 Å². The number of rotatable bonds is 3. The van der Waals surface area contributed by atoms with Crippen LogP contribution in [-0.2, 0) is 5.41 Å². The van der Waals surface area contributed by atoms with Gasteiger partial charge in [-0.25, -0.2) is 0 Å². The van der Waals surface area contributed by atoms with E-state index in [2.05, 4.69) is 31.2 Å². The van der Waals surface area contributed by atoms with Gasteiger partial charge in [-0.2, -0.15) is 0 Å². The van der Waals surface area contributed by atoms with Crippen LogP contribution in [0, 0.1) is 12.3 Å². The molecule has 4 rings (SSSR count). The molecule has 0 atom stereocenters. The molecule has 2 N–H and O–H groups in total. The van der Waals surface area contributed by atoms with Gasteiger partial charge < -0.3 is 5.73 Å². The van der Waals surface area contributed by atoms with Gasteiger partial charge in [-0.15, -0.1) is 0 Å². The third kappa shape index (κ3) is 1.89. The monoisotopic (exact) mass is 243 g/mol.